The van der Waals surface area contributed by atoms with Crippen molar-refractivity contribution < 1.29 is 71.2 Å². The van der Waals surface area contributed by atoms with Crippen molar-refractivity contribution in [2.45, 2.75) is 51.9 Å². The molecule has 0 atom stereocenters. The van der Waals surface area contributed by atoms with Crippen LogP contribution in [0.4, 0.5) is 0 Å². The van der Waals surface area contributed by atoms with Gasteiger partial charge in [-0.25, -0.2) is 0 Å². The van der Waals surface area contributed by atoms with E-state index in [1.165, 1.54) is 25.7 Å². The van der Waals surface area contributed by atoms with Gasteiger partial charge in [0, 0.05) is 43.8 Å². The summed E-state index contributed by atoms with van der Waals surface area (Å²) >= 11 is 0. The smallest absolute Gasteiger partial charge is 0.203 e. The third-order valence-electron chi connectivity index (χ3n) is 10.4. The van der Waals surface area contributed by atoms with E-state index in [2.05, 4.69) is 16.9 Å². The van der Waals surface area contributed by atoms with Crippen molar-refractivity contribution in [2.24, 2.45) is 0 Å². The maximum atomic E-state index is 13.6. The Kier molecular flexibility index (Phi) is 29.8. The van der Waals surface area contributed by atoms with Gasteiger partial charge in [-0.15, -0.1) is 0 Å². The third kappa shape index (κ3) is 23.1. The summed E-state index contributed by atoms with van der Waals surface area (Å²) in [6.45, 7) is 9.61. The number of benzene rings is 2. The molecule has 2 heterocycles. The normalized spacial score (nSPS) is 11.3. The number of aromatic amines is 2. The van der Waals surface area contributed by atoms with Crippen LogP contribution in [-0.2, 0) is 42.6 Å². The number of unbranched alkanes of at least 4 members (excludes halogenated alkanes) is 5. The molecule has 0 aliphatic heterocycles. The highest BCUT2D eigenvalue weighted by atomic mass is 16.6. The molecule has 4 rings (SSSR count). The Hall–Kier alpha value is -4.82. The van der Waals surface area contributed by atoms with Crippen molar-refractivity contribution in [1.82, 2.24) is 9.97 Å². The highest BCUT2D eigenvalue weighted by Gasteiger charge is 2.21. The fourth-order valence-electron chi connectivity index (χ4n) is 6.72. The van der Waals surface area contributed by atoms with Crippen molar-refractivity contribution in [1.29, 1.82) is 0 Å². The molecule has 2 aromatic carbocycles. The number of hydrogen-bond acceptors (Lipinski definition) is 15. The van der Waals surface area contributed by atoms with Gasteiger partial charge in [-0.3, -0.25) is 9.59 Å². The minimum atomic E-state index is -0.365. The predicted molar refractivity (Wildman–Crippen MR) is 262 cm³/mol. The topological polar surface area (TPSA) is 186 Å². The molecule has 0 saturated carbocycles. The molecule has 0 bridgehead atoms. The molecule has 384 valence electrons. The summed E-state index contributed by atoms with van der Waals surface area (Å²) in [6, 6.07) is 18.4. The summed E-state index contributed by atoms with van der Waals surface area (Å²) in [4.78, 5) is 33.5. The van der Waals surface area contributed by atoms with Gasteiger partial charge < -0.3 is 71.5 Å². The zero-order valence-corrected chi connectivity index (χ0v) is 41.3. The Morgan fingerprint density at radius 1 is 0.420 bits per heavy atom. The Labute approximate surface area is 407 Å². The van der Waals surface area contributed by atoms with Crippen molar-refractivity contribution in [3.63, 3.8) is 0 Å². The fraction of sp³-hybridized carbons (Fsp3) is 0.577. The molecule has 0 aliphatic rings. The van der Waals surface area contributed by atoms with Crippen molar-refractivity contribution in [3.8, 4) is 45.5 Å². The maximum absolute atomic E-state index is 13.6. The lowest BCUT2D eigenvalue weighted by Crippen LogP contribution is -2.15. The van der Waals surface area contributed by atoms with E-state index in [-0.39, 0.29) is 63.3 Å². The zero-order valence-electron chi connectivity index (χ0n) is 41.3. The first-order chi connectivity index (χ1) is 34.0. The number of hydrogen-bond donors (Lipinski definition) is 2. The molecule has 0 unspecified atom stereocenters. The van der Waals surface area contributed by atoms with Crippen LogP contribution < -0.4 is 18.9 Å². The first-order valence-electron chi connectivity index (χ1n) is 24.1. The van der Waals surface area contributed by atoms with Crippen LogP contribution in [0.5, 0.6) is 23.0 Å². The Balaban J connectivity index is 1.44. The molecule has 4 aromatic rings. The monoisotopic (exact) mass is 969 g/mol. The average Bonchev–Trinajstić information content (AvgIpc) is 4.07. The number of rotatable bonds is 44. The Bertz CT molecular complexity index is 1920. The molecular weight excluding hydrogens is 893 g/mol. The zero-order chi connectivity index (χ0) is 49.0. The van der Waals surface area contributed by atoms with Gasteiger partial charge in [0.15, 0.2) is 23.1 Å². The lowest BCUT2D eigenvalue weighted by atomic mass is 10.1. The second-order valence-electron chi connectivity index (χ2n) is 15.7. The number of carbonyl (C=O) groups is 2. The van der Waals surface area contributed by atoms with Gasteiger partial charge >= 0.3 is 0 Å². The minimum absolute atomic E-state index is 0.187. The van der Waals surface area contributed by atoms with Crippen LogP contribution in [0.1, 0.15) is 72.8 Å². The number of ether oxygens (including phenoxy) is 13. The molecule has 0 spiro atoms. The summed E-state index contributed by atoms with van der Waals surface area (Å²) in [6.07, 6.45) is 6.81. The molecule has 69 heavy (non-hydrogen) atoms. The average molecular weight is 969 g/mol. The quantitative estimate of drug-likeness (QED) is 0.0246. The van der Waals surface area contributed by atoms with Crippen molar-refractivity contribution >= 4 is 11.6 Å². The highest BCUT2D eigenvalue weighted by Crippen LogP contribution is 2.42. The number of H-pyrrole nitrogens is 2. The molecule has 17 heteroatoms. The standard InChI is InChI=1S/C52H76N2O15/c1-5-6-7-8-9-10-18-66-43-13-11-12-41(37-43)44-14-16-46(53-44)48(55)40-49(56)47-17-15-45(54-47)42-38-50(67-34-31-63-28-25-60-22-19-57-2)52(69-36-33-65-30-27-62-24-21-59-4)51(39-42)68-35-32-64-29-26-61-23-20-58-3/h11-17,37-39,53-54H,5-10,18-36,40H2,1-4H3. The summed E-state index contributed by atoms with van der Waals surface area (Å²) in [5.41, 5.74) is 3.50. The van der Waals surface area contributed by atoms with Crippen LogP contribution in [0.3, 0.4) is 0 Å². The molecule has 2 aromatic heterocycles. The van der Waals surface area contributed by atoms with E-state index >= 15 is 0 Å². The number of methoxy groups -OCH3 is 3. The van der Waals surface area contributed by atoms with E-state index in [1.807, 2.05) is 30.3 Å². The second kappa shape index (κ2) is 36.2. The van der Waals surface area contributed by atoms with E-state index < -0.39 is 0 Å². The van der Waals surface area contributed by atoms with Gasteiger partial charge in [0.1, 0.15) is 25.6 Å². The summed E-state index contributed by atoms with van der Waals surface area (Å²) in [5.74, 6) is 1.20. The molecule has 0 radical (unpaired) electrons. The summed E-state index contributed by atoms with van der Waals surface area (Å²) in [5, 5.41) is 0. The number of nitrogens with one attached hydrogen (secondary N) is 2. The molecule has 0 fully saturated rings. The SMILES string of the molecule is CCCCCCCCOc1cccc(-c2ccc(C(=O)CC(=O)c3ccc(-c4cc(OCCOCCOCCOC)c(OCCOCCOCCOC)c(OCCOCCOCCOC)c4)[nH]3)[nH]2)c1. The molecule has 2 N–H and O–H groups in total. The number of carbonyl (C=O) groups excluding carboxylic acids is 2. The minimum Gasteiger partial charge on any atom is -0.494 e. The van der Waals surface area contributed by atoms with Crippen LogP contribution in [0, 0.1) is 0 Å². The molecule has 0 aliphatic carbocycles. The number of aromatic nitrogens is 2. The van der Waals surface area contributed by atoms with Crippen molar-refractivity contribution in [3.05, 3.63) is 72.1 Å². The Morgan fingerprint density at radius 3 is 1.35 bits per heavy atom. The Morgan fingerprint density at radius 2 is 0.855 bits per heavy atom. The lowest BCUT2D eigenvalue weighted by molar-refractivity contribution is 0.0146. The van der Waals surface area contributed by atoms with Crippen LogP contribution in [0.25, 0.3) is 22.5 Å². The summed E-state index contributed by atoms with van der Waals surface area (Å²) in [7, 11) is 4.87. The van der Waals surface area contributed by atoms with Gasteiger partial charge in [0.25, 0.3) is 0 Å². The number of Topliss-reactive ketones (excluding diaryl/α,β-unsaturated/α-hetero) is 2. The van der Waals surface area contributed by atoms with Crippen LogP contribution in [-0.4, -0.2) is 168 Å². The molecule has 0 amide bonds. The van der Waals surface area contributed by atoms with E-state index in [4.69, 9.17) is 61.6 Å². The van der Waals surface area contributed by atoms with Gasteiger partial charge in [0.2, 0.25) is 5.75 Å². The molecule has 0 saturated heterocycles. The molecule has 17 nitrogen and oxygen atoms in total. The van der Waals surface area contributed by atoms with Crippen molar-refractivity contribution in [2.75, 3.05) is 147 Å². The van der Waals surface area contributed by atoms with Gasteiger partial charge in [-0.1, -0.05) is 51.2 Å². The lowest BCUT2D eigenvalue weighted by Gasteiger charge is -2.19. The van der Waals surface area contributed by atoms with Crippen LogP contribution in [0.2, 0.25) is 0 Å². The number of ketones is 2. The van der Waals surface area contributed by atoms with Gasteiger partial charge in [0.05, 0.1) is 124 Å². The molecular formula is C52H76N2O15. The fourth-order valence-corrected chi connectivity index (χ4v) is 6.72. The van der Waals surface area contributed by atoms with E-state index in [1.54, 1.807) is 51.7 Å². The largest absolute Gasteiger partial charge is 0.494 e. The first kappa shape index (κ1) is 56.8. The first-order valence-corrected chi connectivity index (χ1v) is 24.1. The van der Waals surface area contributed by atoms with Gasteiger partial charge in [-0.05, 0) is 55.0 Å². The van der Waals surface area contributed by atoms with Gasteiger partial charge in [-0.2, -0.15) is 0 Å². The van der Waals surface area contributed by atoms with E-state index in [0.717, 1.165) is 29.8 Å². The van der Waals surface area contributed by atoms with E-state index in [9.17, 15) is 9.59 Å². The van der Waals surface area contributed by atoms with Crippen LogP contribution in [0.15, 0.2) is 60.7 Å². The van der Waals surface area contributed by atoms with Crippen LogP contribution >= 0.6 is 0 Å². The third-order valence-corrected chi connectivity index (χ3v) is 10.4. The van der Waals surface area contributed by atoms with E-state index in [0.29, 0.717) is 120 Å². The second-order valence-corrected chi connectivity index (χ2v) is 15.7. The highest BCUT2D eigenvalue weighted by molar-refractivity contribution is 6.12. The maximum Gasteiger partial charge on any atom is 0.203 e. The predicted octanol–water partition coefficient (Wildman–Crippen LogP) is 8.05. The summed E-state index contributed by atoms with van der Waals surface area (Å²) < 4.78 is 73.7.